The van der Waals surface area contributed by atoms with Gasteiger partial charge in [-0.2, -0.15) is 0 Å². The molecule has 1 aromatic heterocycles. The molecule has 0 N–H and O–H groups in total. The van der Waals surface area contributed by atoms with Gasteiger partial charge < -0.3 is 13.9 Å². The quantitative estimate of drug-likeness (QED) is 0.805. The molecule has 2 aromatic rings. The van der Waals surface area contributed by atoms with Gasteiger partial charge in [-0.05, 0) is 33.8 Å². The summed E-state index contributed by atoms with van der Waals surface area (Å²) < 4.78 is 15.8. The van der Waals surface area contributed by atoms with Gasteiger partial charge in [0.2, 0.25) is 5.76 Å². The summed E-state index contributed by atoms with van der Waals surface area (Å²) in [4.78, 5) is 24.4. The predicted octanol–water partition coefficient (Wildman–Crippen LogP) is 3.56. The third-order valence-electron chi connectivity index (χ3n) is 2.67. The monoisotopic (exact) mass is 290 g/mol. The number of furan rings is 1. The Morgan fingerprint density at radius 2 is 1.52 bits per heavy atom. The van der Waals surface area contributed by atoms with E-state index in [1.54, 1.807) is 52.0 Å². The maximum atomic E-state index is 12.3. The van der Waals surface area contributed by atoms with Crippen molar-refractivity contribution in [3.8, 4) is 0 Å². The highest BCUT2D eigenvalue weighted by Crippen LogP contribution is 2.27. The highest BCUT2D eigenvalue weighted by Gasteiger charge is 2.28. The van der Waals surface area contributed by atoms with Crippen molar-refractivity contribution < 1.29 is 23.5 Å². The van der Waals surface area contributed by atoms with Crippen LogP contribution in [0, 0.1) is 0 Å². The molecule has 0 bridgehead atoms. The average Bonchev–Trinajstić information content (AvgIpc) is 2.76. The van der Waals surface area contributed by atoms with Crippen molar-refractivity contribution in [1.29, 1.82) is 0 Å². The number of carbonyl (C=O) groups excluding carboxylic acids is 2. The first-order chi connectivity index (χ1) is 9.90. The Labute approximate surface area is 122 Å². The third-order valence-corrected chi connectivity index (χ3v) is 2.67. The van der Waals surface area contributed by atoms with Gasteiger partial charge in [0.05, 0.1) is 12.2 Å². The van der Waals surface area contributed by atoms with Crippen LogP contribution < -0.4 is 0 Å². The summed E-state index contributed by atoms with van der Waals surface area (Å²) in [6, 6.07) is 6.93. The molecule has 1 aromatic carbocycles. The highest BCUT2D eigenvalue weighted by atomic mass is 16.6. The van der Waals surface area contributed by atoms with Gasteiger partial charge >= 0.3 is 11.9 Å². The van der Waals surface area contributed by atoms with Gasteiger partial charge in [0.15, 0.2) is 0 Å². The molecule has 0 aliphatic carbocycles. The van der Waals surface area contributed by atoms with Gasteiger partial charge in [-0.1, -0.05) is 18.2 Å². The fraction of sp³-hybridized carbons (Fsp3) is 0.375. The second-order valence-electron chi connectivity index (χ2n) is 5.21. The van der Waals surface area contributed by atoms with Crippen molar-refractivity contribution in [1.82, 2.24) is 0 Å². The van der Waals surface area contributed by atoms with E-state index in [4.69, 9.17) is 13.9 Å². The smallest absolute Gasteiger partial charge is 0.375 e. The summed E-state index contributed by atoms with van der Waals surface area (Å²) in [6.45, 7) is 6.94. The van der Waals surface area contributed by atoms with Gasteiger partial charge in [0.1, 0.15) is 11.1 Å². The van der Waals surface area contributed by atoms with Crippen LogP contribution in [0.15, 0.2) is 28.7 Å². The van der Waals surface area contributed by atoms with E-state index in [1.807, 2.05) is 0 Å². The zero-order valence-corrected chi connectivity index (χ0v) is 12.5. The minimum Gasteiger partial charge on any atom is -0.459 e. The lowest BCUT2D eigenvalue weighted by Crippen LogP contribution is -2.17. The molecule has 0 aliphatic heterocycles. The summed E-state index contributed by atoms with van der Waals surface area (Å²) in [6.07, 6.45) is -0.597. The molecular weight excluding hydrogens is 272 g/mol. The highest BCUT2D eigenvalue weighted by molar-refractivity contribution is 6.11. The maximum Gasteiger partial charge on any atom is 0.375 e. The van der Waals surface area contributed by atoms with Crippen LogP contribution in [0.1, 0.15) is 48.6 Å². The Hall–Kier alpha value is -2.30. The largest absolute Gasteiger partial charge is 0.459 e. The number of benzene rings is 1. The molecule has 21 heavy (non-hydrogen) atoms. The van der Waals surface area contributed by atoms with Gasteiger partial charge in [-0.15, -0.1) is 0 Å². The van der Waals surface area contributed by atoms with E-state index < -0.39 is 11.9 Å². The summed E-state index contributed by atoms with van der Waals surface area (Å²) in [5.74, 6) is -1.38. The lowest BCUT2D eigenvalue weighted by molar-refractivity contribution is 0.0303. The number of carbonyl (C=O) groups is 2. The molecule has 5 nitrogen and oxygen atoms in total. The zero-order valence-electron chi connectivity index (χ0n) is 12.5. The van der Waals surface area contributed by atoms with E-state index in [9.17, 15) is 9.59 Å². The molecule has 1 heterocycles. The van der Waals surface area contributed by atoms with Gasteiger partial charge in [-0.3, -0.25) is 0 Å². The fourth-order valence-electron chi connectivity index (χ4n) is 1.93. The van der Waals surface area contributed by atoms with Gasteiger partial charge in [0.25, 0.3) is 0 Å². The van der Waals surface area contributed by atoms with Crippen molar-refractivity contribution in [2.24, 2.45) is 0 Å². The Bertz CT molecular complexity index is 666. The Balaban J connectivity index is 2.53. The summed E-state index contributed by atoms with van der Waals surface area (Å²) in [7, 11) is 0. The molecule has 0 radical (unpaired) electrons. The number of rotatable bonds is 4. The van der Waals surface area contributed by atoms with Crippen molar-refractivity contribution in [3.63, 3.8) is 0 Å². The van der Waals surface area contributed by atoms with Crippen LogP contribution in [-0.4, -0.2) is 24.1 Å². The molecule has 5 heteroatoms. The van der Waals surface area contributed by atoms with E-state index in [0.29, 0.717) is 11.0 Å². The van der Waals surface area contributed by atoms with Crippen LogP contribution in [0.4, 0.5) is 0 Å². The number of ether oxygens (including phenoxy) is 2. The van der Waals surface area contributed by atoms with Gasteiger partial charge in [0, 0.05) is 5.39 Å². The molecule has 0 fully saturated rings. The Kier molecular flexibility index (Phi) is 4.31. The Morgan fingerprint density at radius 3 is 2.14 bits per heavy atom. The molecule has 0 saturated carbocycles. The first-order valence-electron chi connectivity index (χ1n) is 6.83. The van der Waals surface area contributed by atoms with Crippen molar-refractivity contribution >= 4 is 22.9 Å². The van der Waals surface area contributed by atoms with E-state index in [2.05, 4.69) is 0 Å². The molecule has 0 aliphatic rings. The van der Waals surface area contributed by atoms with Crippen LogP contribution in [0.25, 0.3) is 11.0 Å². The normalized spacial score (nSPS) is 11.1. The van der Waals surface area contributed by atoms with Crippen LogP contribution in [0.5, 0.6) is 0 Å². The second kappa shape index (κ2) is 5.99. The van der Waals surface area contributed by atoms with E-state index in [1.165, 1.54) is 0 Å². The summed E-state index contributed by atoms with van der Waals surface area (Å²) in [5, 5.41) is 0.541. The molecule has 0 unspecified atom stereocenters. The van der Waals surface area contributed by atoms with Gasteiger partial charge in [-0.25, -0.2) is 9.59 Å². The first-order valence-corrected chi connectivity index (χ1v) is 6.83. The number of hydrogen-bond acceptors (Lipinski definition) is 5. The molecule has 0 saturated heterocycles. The van der Waals surface area contributed by atoms with Crippen molar-refractivity contribution in [2.75, 3.05) is 0 Å². The molecular formula is C16H18O5. The molecule has 2 rings (SSSR count). The SMILES string of the molecule is CC(C)OC(=O)c1oc2ccccc2c1C(=O)OC(C)C. The molecule has 0 amide bonds. The summed E-state index contributed by atoms with van der Waals surface area (Å²) >= 11 is 0. The number of hydrogen-bond donors (Lipinski definition) is 0. The average molecular weight is 290 g/mol. The molecule has 112 valence electrons. The minimum absolute atomic E-state index is 0.115. The third kappa shape index (κ3) is 3.24. The van der Waals surface area contributed by atoms with Crippen LogP contribution in [-0.2, 0) is 9.47 Å². The Morgan fingerprint density at radius 1 is 0.952 bits per heavy atom. The number of esters is 2. The number of fused-ring (bicyclic) bond motifs is 1. The lowest BCUT2D eigenvalue weighted by Gasteiger charge is -2.09. The molecule has 0 atom stereocenters. The van der Waals surface area contributed by atoms with Crippen molar-refractivity contribution in [2.45, 2.75) is 39.9 Å². The molecule has 0 spiro atoms. The van der Waals surface area contributed by atoms with E-state index in [0.717, 1.165) is 0 Å². The van der Waals surface area contributed by atoms with Crippen molar-refractivity contribution in [3.05, 3.63) is 35.6 Å². The van der Waals surface area contributed by atoms with E-state index in [-0.39, 0.29) is 23.5 Å². The summed E-state index contributed by atoms with van der Waals surface area (Å²) in [5.41, 5.74) is 0.564. The number of para-hydroxylation sites is 1. The predicted molar refractivity (Wildman–Crippen MR) is 77.3 cm³/mol. The maximum absolute atomic E-state index is 12.3. The van der Waals surface area contributed by atoms with Crippen LogP contribution in [0.2, 0.25) is 0 Å². The fourth-order valence-corrected chi connectivity index (χ4v) is 1.93. The zero-order chi connectivity index (χ0) is 15.6. The minimum atomic E-state index is -0.670. The first kappa shape index (κ1) is 15.1. The standard InChI is InChI=1S/C16H18O5/c1-9(2)19-15(17)13-11-7-5-6-8-12(11)21-14(13)16(18)20-10(3)4/h5-10H,1-4H3. The van der Waals surface area contributed by atoms with Crippen LogP contribution in [0.3, 0.4) is 0 Å². The van der Waals surface area contributed by atoms with Crippen LogP contribution >= 0.6 is 0 Å². The van der Waals surface area contributed by atoms with E-state index >= 15 is 0 Å². The second-order valence-corrected chi connectivity index (χ2v) is 5.21. The topological polar surface area (TPSA) is 65.7 Å². The lowest BCUT2D eigenvalue weighted by atomic mass is 10.1.